The molecule has 2 aromatic heterocycles. The van der Waals surface area contributed by atoms with Crippen LogP contribution in [0.5, 0.6) is 0 Å². The molecule has 100 valence electrons. The van der Waals surface area contributed by atoms with E-state index >= 15 is 0 Å². The minimum atomic E-state index is -4.53. The van der Waals surface area contributed by atoms with Crippen LogP contribution in [0.15, 0.2) is 24.5 Å². The Labute approximate surface area is 105 Å². The van der Waals surface area contributed by atoms with Crippen LogP contribution in [0.4, 0.5) is 13.2 Å². The van der Waals surface area contributed by atoms with E-state index in [1.54, 1.807) is 6.92 Å². The minimum Gasteiger partial charge on any atom is -0.478 e. The fourth-order valence-electron chi connectivity index (χ4n) is 1.52. The summed E-state index contributed by atoms with van der Waals surface area (Å²) in [5.74, 6) is -1.00. The van der Waals surface area contributed by atoms with Gasteiger partial charge in [-0.25, -0.2) is 14.5 Å². The number of carboxylic acid groups (broad SMARTS) is 1. The fraction of sp³-hybridized carbons (Fsp3) is 0.182. The summed E-state index contributed by atoms with van der Waals surface area (Å²) >= 11 is 0. The highest BCUT2D eigenvalue weighted by Gasteiger charge is 2.33. The lowest BCUT2D eigenvalue weighted by molar-refractivity contribution is -0.141. The Hall–Kier alpha value is -2.38. The lowest BCUT2D eigenvalue weighted by Crippen LogP contribution is -2.09. The second-order valence-corrected chi connectivity index (χ2v) is 3.81. The molecule has 0 bridgehead atoms. The lowest BCUT2D eigenvalue weighted by Gasteiger charge is -2.06. The number of aryl methyl sites for hydroxylation is 1. The van der Waals surface area contributed by atoms with Crippen LogP contribution >= 0.6 is 0 Å². The molecule has 0 spiro atoms. The summed E-state index contributed by atoms with van der Waals surface area (Å²) in [6.45, 7) is 1.55. The van der Waals surface area contributed by atoms with Gasteiger partial charge in [0.1, 0.15) is 0 Å². The van der Waals surface area contributed by atoms with Crippen molar-refractivity contribution in [3.8, 4) is 5.82 Å². The zero-order chi connectivity index (χ0) is 14.2. The van der Waals surface area contributed by atoms with Crippen molar-refractivity contribution in [1.82, 2.24) is 14.8 Å². The Kier molecular flexibility index (Phi) is 3.01. The van der Waals surface area contributed by atoms with E-state index in [-0.39, 0.29) is 11.4 Å². The normalized spacial score (nSPS) is 11.6. The molecule has 0 amide bonds. The average Bonchev–Trinajstić information content (AvgIpc) is 2.77. The highest BCUT2D eigenvalue weighted by molar-refractivity contribution is 5.87. The zero-order valence-corrected chi connectivity index (χ0v) is 9.64. The van der Waals surface area contributed by atoms with Crippen LogP contribution in [0.2, 0.25) is 0 Å². The first-order valence-corrected chi connectivity index (χ1v) is 5.12. The third-order valence-electron chi connectivity index (χ3n) is 2.39. The molecule has 0 aliphatic carbocycles. The van der Waals surface area contributed by atoms with Crippen molar-refractivity contribution in [2.45, 2.75) is 13.1 Å². The Balaban J connectivity index is 2.43. The second kappa shape index (κ2) is 4.38. The largest absolute Gasteiger partial charge is 0.478 e. The number of nitrogens with zero attached hydrogens (tertiary/aromatic N) is 3. The molecule has 0 unspecified atom stereocenters. The minimum absolute atomic E-state index is 0.0375. The summed E-state index contributed by atoms with van der Waals surface area (Å²) in [4.78, 5) is 14.5. The lowest BCUT2D eigenvalue weighted by atomic mass is 10.2. The monoisotopic (exact) mass is 271 g/mol. The maximum Gasteiger partial charge on any atom is 0.435 e. The molecule has 8 heteroatoms. The Bertz CT molecular complexity index is 634. The number of pyridine rings is 1. The van der Waals surface area contributed by atoms with Crippen molar-refractivity contribution in [2.24, 2.45) is 0 Å². The SMILES string of the molecule is Cc1cc(C(=O)O)cnc1-n1ccc(C(F)(F)F)n1. The van der Waals surface area contributed by atoms with E-state index in [2.05, 4.69) is 10.1 Å². The highest BCUT2D eigenvalue weighted by atomic mass is 19.4. The first kappa shape index (κ1) is 13.1. The highest BCUT2D eigenvalue weighted by Crippen LogP contribution is 2.28. The van der Waals surface area contributed by atoms with E-state index in [0.717, 1.165) is 23.1 Å². The number of hydrogen-bond acceptors (Lipinski definition) is 3. The van der Waals surface area contributed by atoms with Gasteiger partial charge in [-0.15, -0.1) is 0 Å². The second-order valence-electron chi connectivity index (χ2n) is 3.81. The predicted octanol–water partition coefficient (Wildman–Crippen LogP) is 2.29. The summed E-state index contributed by atoms with van der Waals surface area (Å²) < 4.78 is 38.2. The zero-order valence-electron chi connectivity index (χ0n) is 9.64. The number of hydrogen-bond donors (Lipinski definition) is 1. The van der Waals surface area contributed by atoms with Crippen molar-refractivity contribution >= 4 is 5.97 Å². The molecular formula is C11H8F3N3O2. The molecule has 0 aliphatic heterocycles. The smallest absolute Gasteiger partial charge is 0.435 e. The number of aromatic carboxylic acids is 1. The molecule has 0 radical (unpaired) electrons. The average molecular weight is 271 g/mol. The quantitative estimate of drug-likeness (QED) is 0.909. The first-order valence-electron chi connectivity index (χ1n) is 5.12. The van der Waals surface area contributed by atoms with Gasteiger partial charge in [0, 0.05) is 12.4 Å². The third kappa shape index (κ3) is 2.56. The van der Waals surface area contributed by atoms with Crippen LogP contribution < -0.4 is 0 Å². The van der Waals surface area contributed by atoms with Crippen LogP contribution in [-0.4, -0.2) is 25.8 Å². The molecule has 0 atom stereocenters. The first-order chi connectivity index (χ1) is 8.79. The molecule has 0 fully saturated rings. The van der Waals surface area contributed by atoms with Crippen LogP contribution in [0, 0.1) is 6.92 Å². The molecule has 2 aromatic rings. The van der Waals surface area contributed by atoms with E-state index in [1.807, 2.05) is 0 Å². The van der Waals surface area contributed by atoms with E-state index in [1.165, 1.54) is 6.07 Å². The standard InChI is InChI=1S/C11H8F3N3O2/c1-6-4-7(10(18)19)5-15-9(6)17-3-2-8(16-17)11(12,13)14/h2-5H,1H3,(H,18,19). The molecule has 2 rings (SSSR count). The van der Waals surface area contributed by atoms with Gasteiger partial charge in [-0.3, -0.25) is 0 Å². The van der Waals surface area contributed by atoms with Crippen LogP contribution in [0.1, 0.15) is 21.6 Å². The number of carbonyl (C=O) groups is 1. The van der Waals surface area contributed by atoms with Gasteiger partial charge in [0.2, 0.25) is 0 Å². The van der Waals surface area contributed by atoms with Gasteiger partial charge in [-0.05, 0) is 24.6 Å². The molecule has 0 aliphatic rings. The topological polar surface area (TPSA) is 68.0 Å². The van der Waals surface area contributed by atoms with Gasteiger partial charge in [0.15, 0.2) is 11.5 Å². The fourth-order valence-corrected chi connectivity index (χ4v) is 1.52. The third-order valence-corrected chi connectivity index (χ3v) is 2.39. The van der Waals surface area contributed by atoms with E-state index in [0.29, 0.717) is 5.56 Å². The summed E-state index contributed by atoms with van der Waals surface area (Å²) in [5.41, 5.74) is -0.655. The number of halogens is 3. The molecule has 19 heavy (non-hydrogen) atoms. The molecule has 1 N–H and O–H groups in total. The molecular weight excluding hydrogens is 263 g/mol. The van der Waals surface area contributed by atoms with E-state index in [9.17, 15) is 18.0 Å². The number of alkyl halides is 3. The summed E-state index contributed by atoms with van der Waals surface area (Å²) in [6, 6.07) is 2.14. The van der Waals surface area contributed by atoms with E-state index < -0.39 is 17.8 Å². The Morgan fingerprint density at radius 2 is 2.11 bits per heavy atom. The van der Waals surface area contributed by atoms with Crippen LogP contribution in [-0.2, 0) is 6.18 Å². The van der Waals surface area contributed by atoms with Crippen molar-refractivity contribution in [3.05, 3.63) is 41.3 Å². The van der Waals surface area contributed by atoms with Gasteiger partial charge < -0.3 is 5.11 Å². The van der Waals surface area contributed by atoms with Crippen molar-refractivity contribution in [1.29, 1.82) is 0 Å². The van der Waals surface area contributed by atoms with Crippen LogP contribution in [0.3, 0.4) is 0 Å². The summed E-state index contributed by atoms with van der Waals surface area (Å²) in [6.07, 6.45) is -2.33. The maximum absolute atomic E-state index is 12.4. The Morgan fingerprint density at radius 1 is 1.42 bits per heavy atom. The predicted molar refractivity (Wildman–Crippen MR) is 58.1 cm³/mol. The van der Waals surface area contributed by atoms with Gasteiger partial charge in [0.25, 0.3) is 0 Å². The van der Waals surface area contributed by atoms with Gasteiger partial charge in [-0.2, -0.15) is 18.3 Å². The summed E-state index contributed by atoms with van der Waals surface area (Å²) in [5, 5.41) is 12.1. The molecule has 5 nitrogen and oxygen atoms in total. The number of aromatic nitrogens is 3. The van der Waals surface area contributed by atoms with Crippen molar-refractivity contribution in [2.75, 3.05) is 0 Å². The summed E-state index contributed by atoms with van der Waals surface area (Å²) in [7, 11) is 0. The van der Waals surface area contributed by atoms with Gasteiger partial charge in [0.05, 0.1) is 5.56 Å². The maximum atomic E-state index is 12.4. The number of rotatable bonds is 2. The van der Waals surface area contributed by atoms with Crippen LogP contribution in [0.25, 0.3) is 5.82 Å². The molecule has 2 heterocycles. The van der Waals surface area contributed by atoms with Crippen molar-refractivity contribution in [3.63, 3.8) is 0 Å². The number of carboxylic acids is 1. The van der Waals surface area contributed by atoms with E-state index in [4.69, 9.17) is 5.11 Å². The molecule has 0 saturated carbocycles. The Morgan fingerprint density at radius 3 is 2.58 bits per heavy atom. The van der Waals surface area contributed by atoms with Gasteiger partial charge in [-0.1, -0.05) is 0 Å². The van der Waals surface area contributed by atoms with Gasteiger partial charge >= 0.3 is 12.1 Å². The van der Waals surface area contributed by atoms with Crippen molar-refractivity contribution < 1.29 is 23.1 Å². The molecule has 0 aromatic carbocycles. The molecule has 0 saturated heterocycles.